The minimum absolute atomic E-state index is 0.0233. The number of aromatic nitrogens is 2. The van der Waals surface area contributed by atoms with Crippen molar-refractivity contribution in [3.8, 4) is 0 Å². The highest BCUT2D eigenvalue weighted by molar-refractivity contribution is 5.82. The second-order valence-electron chi connectivity index (χ2n) is 7.77. The Hall–Kier alpha value is -1.73. The van der Waals surface area contributed by atoms with E-state index in [-0.39, 0.29) is 11.9 Å². The zero-order valence-corrected chi connectivity index (χ0v) is 15.4. The number of hydrogen-bond acceptors (Lipinski definition) is 6. The predicted octanol–water partition coefficient (Wildman–Crippen LogP) is 0.636. The lowest BCUT2D eigenvalue weighted by atomic mass is 9.85. The fraction of sp³-hybridized carbons (Fsp3) is 0.737. The van der Waals surface area contributed by atoms with Gasteiger partial charge >= 0.3 is 0 Å². The Bertz CT molecular complexity index is 575. The molecule has 26 heavy (non-hydrogen) atoms. The van der Waals surface area contributed by atoms with Crippen LogP contribution in [0, 0.1) is 5.92 Å². The predicted molar refractivity (Wildman–Crippen MR) is 101 cm³/mol. The van der Waals surface area contributed by atoms with Gasteiger partial charge in [0.15, 0.2) is 0 Å². The van der Waals surface area contributed by atoms with Crippen LogP contribution in [0.25, 0.3) is 0 Å². The van der Waals surface area contributed by atoms with E-state index in [1.54, 1.807) is 12.4 Å². The molecule has 1 amide bonds. The molecule has 1 aliphatic carbocycles. The van der Waals surface area contributed by atoms with Crippen molar-refractivity contribution in [2.24, 2.45) is 5.92 Å². The van der Waals surface area contributed by atoms with Crippen LogP contribution in [0.4, 0.5) is 5.95 Å². The third-order valence-electron chi connectivity index (χ3n) is 6.11. The van der Waals surface area contributed by atoms with Crippen molar-refractivity contribution in [2.45, 2.75) is 44.2 Å². The standard InChI is InChI=1S/C19H30N6O/c26-18(17-14-15-4-1-2-5-16(15)23-17)20-8-9-24-10-12-25(13-11-24)19-21-6-3-7-22-19/h3,6-7,15-17,23H,1-2,4-5,8-14H2,(H,20,26). The topological polar surface area (TPSA) is 73.4 Å². The van der Waals surface area contributed by atoms with E-state index in [1.165, 1.54) is 25.7 Å². The molecule has 3 fully saturated rings. The van der Waals surface area contributed by atoms with Gasteiger partial charge < -0.3 is 15.5 Å². The van der Waals surface area contributed by atoms with Gasteiger partial charge in [0.2, 0.25) is 11.9 Å². The Morgan fingerprint density at radius 2 is 1.92 bits per heavy atom. The first-order valence-electron chi connectivity index (χ1n) is 10.1. The van der Waals surface area contributed by atoms with Crippen molar-refractivity contribution in [3.05, 3.63) is 18.5 Å². The average molecular weight is 358 g/mol. The normalized spacial score (nSPS) is 29.4. The number of hydrogen-bond donors (Lipinski definition) is 2. The molecule has 1 aromatic heterocycles. The summed E-state index contributed by atoms with van der Waals surface area (Å²) in [5.41, 5.74) is 0. The molecule has 3 heterocycles. The van der Waals surface area contributed by atoms with Crippen LogP contribution < -0.4 is 15.5 Å². The Labute approximate surface area is 155 Å². The lowest BCUT2D eigenvalue weighted by molar-refractivity contribution is -0.122. The summed E-state index contributed by atoms with van der Waals surface area (Å²) in [6.07, 6.45) is 9.77. The van der Waals surface area contributed by atoms with E-state index in [1.807, 2.05) is 6.07 Å². The molecule has 0 spiro atoms. The number of anilines is 1. The summed E-state index contributed by atoms with van der Waals surface area (Å²) < 4.78 is 0. The molecule has 3 atom stereocenters. The monoisotopic (exact) mass is 358 g/mol. The first-order chi connectivity index (χ1) is 12.8. The molecule has 0 bridgehead atoms. The quantitative estimate of drug-likeness (QED) is 0.805. The Morgan fingerprint density at radius 3 is 2.69 bits per heavy atom. The molecular formula is C19H30N6O. The van der Waals surface area contributed by atoms with Crippen LogP contribution in [0.15, 0.2) is 18.5 Å². The number of nitrogens with zero attached hydrogens (tertiary/aromatic N) is 4. The molecule has 7 nitrogen and oxygen atoms in total. The highest BCUT2D eigenvalue weighted by Crippen LogP contribution is 2.33. The first-order valence-corrected chi connectivity index (χ1v) is 10.1. The molecule has 0 radical (unpaired) electrons. The van der Waals surface area contributed by atoms with E-state index in [9.17, 15) is 4.79 Å². The molecule has 4 rings (SSSR count). The lowest BCUT2D eigenvalue weighted by Gasteiger charge is -2.34. The van der Waals surface area contributed by atoms with Gasteiger partial charge in [0.05, 0.1) is 6.04 Å². The zero-order valence-electron chi connectivity index (χ0n) is 15.4. The molecule has 2 saturated heterocycles. The average Bonchev–Trinajstić information content (AvgIpc) is 3.13. The maximum Gasteiger partial charge on any atom is 0.237 e. The lowest BCUT2D eigenvalue weighted by Crippen LogP contribution is -2.50. The van der Waals surface area contributed by atoms with E-state index in [4.69, 9.17) is 0 Å². The van der Waals surface area contributed by atoms with Gasteiger partial charge in [-0.05, 0) is 31.2 Å². The van der Waals surface area contributed by atoms with Gasteiger partial charge in [-0.15, -0.1) is 0 Å². The van der Waals surface area contributed by atoms with Crippen LogP contribution in [-0.4, -0.2) is 72.1 Å². The number of carbonyl (C=O) groups excluding carboxylic acids is 1. The molecule has 142 valence electrons. The van der Waals surface area contributed by atoms with E-state index in [0.29, 0.717) is 12.0 Å². The van der Waals surface area contributed by atoms with Gasteiger partial charge in [-0.1, -0.05) is 12.8 Å². The number of rotatable bonds is 5. The van der Waals surface area contributed by atoms with Gasteiger partial charge in [0, 0.05) is 57.7 Å². The van der Waals surface area contributed by atoms with Crippen molar-refractivity contribution >= 4 is 11.9 Å². The third-order valence-corrected chi connectivity index (χ3v) is 6.11. The number of amides is 1. The van der Waals surface area contributed by atoms with E-state index >= 15 is 0 Å². The van der Waals surface area contributed by atoms with Gasteiger partial charge in [0.25, 0.3) is 0 Å². The molecule has 7 heteroatoms. The third kappa shape index (κ3) is 4.15. The van der Waals surface area contributed by atoms with Crippen LogP contribution >= 0.6 is 0 Å². The number of fused-ring (bicyclic) bond motifs is 1. The van der Waals surface area contributed by atoms with Crippen LogP contribution in [0.1, 0.15) is 32.1 Å². The number of nitrogens with one attached hydrogen (secondary N) is 2. The number of piperazine rings is 1. The molecule has 0 aromatic carbocycles. The van der Waals surface area contributed by atoms with Gasteiger partial charge in [-0.3, -0.25) is 9.69 Å². The molecular weight excluding hydrogens is 328 g/mol. The maximum absolute atomic E-state index is 12.5. The highest BCUT2D eigenvalue weighted by atomic mass is 16.2. The summed E-state index contributed by atoms with van der Waals surface area (Å²) in [7, 11) is 0. The molecule has 1 aromatic rings. The molecule has 3 unspecified atom stereocenters. The minimum atomic E-state index is 0.0233. The van der Waals surface area contributed by atoms with Crippen molar-refractivity contribution in [3.63, 3.8) is 0 Å². The van der Waals surface area contributed by atoms with Crippen LogP contribution in [0.3, 0.4) is 0 Å². The Balaban J connectivity index is 1.15. The molecule has 2 N–H and O–H groups in total. The summed E-state index contributed by atoms with van der Waals surface area (Å²) in [5.74, 6) is 1.72. The van der Waals surface area contributed by atoms with E-state index in [2.05, 4.69) is 30.4 Å². The summed E-state index contributed by atoms with van der Waals surface area (Å²) in [6.45, 7) is 5.49. The maximum atomic E-state index is 12.5. The summed E-state index contributed by atoms with van der Waals surface area (Å²) in [4.78, 5) is 25.7. The fourth-order valence-electron chi connectivity index (χ4n) is 4.61. The Kier molecular flexibility index (Phi) is 5.65. The van der Waals surface area contributed by atoms with Crippen LogP contribution in [0.5, 0.6) is 0 Å². The second kappa shape index (κ2) is 8.31. The first kappa shape index (κ1) is 17.7. The summed E-state index contributed by atoms with van der Waals surface area (Å²) >= 11 is 0. The van der Waals surface area contributed by atoms with Gasteiger partial charge in [0.1, 0.15) is 0 Å². The largest absolute Gasteiger partial charge is 0.353 e. The molecule has 2 aliphatic heterocycles. The van der Waals surface area contributed by atoms with E-state index in [0.717, 1.165) is 51.6 Å². The molecule has 3 aliphatic rings. The van der Waals surface area contributed by atoms with Crippen molar-refractivity contribution in [1.82, 2.24) is 25.5 Å². The van der Waals surface area contributed by atoms with Crippen molar-refractivity contribution < 1.29 is 4.79 Å². The van der Waals surface area contributed by atoms with Crippen LogP contribution in [-0.2, 0) is 4.79 Å². The highest BCUT2D eigenvalue weighted by Gasteiger charge is 2.38. The zero-order chi connectivity index (χ0) is 17.8. The van der Waals surface area contributed by atoms with E-state index < -0.39 is 0 Å². The number of carbonyl (C=O) groups is 1. The summed E-state index contributed by atoms with van der Waals surface area (Å²) in [5, 5.41) is 6.70. The van der Waals surface area contributed by atoms with Gasteiger partial charge in [-0.25, -0.2) is 9.97 Å². The fourth-order valence-corrected chi connectivity index (χ4v) is 4.61. The van der Waals surface area contributed by atoms with Gasteiger partial charge in [-0.2, -0.15) is 0 Å². The second-order valence-corrected chi connectivity index (χ2v) is 7.77. The van der Waals surface area contributed by atoms with Crippen molar-refractivity contribution in [1.29, 1.82) is 0 Å². The van der Waals surface area contributed by atoms with Crippen LogP contribution in [0.2, 0.25) is 0 Å². The smallest absolute Gasteiger partial charge is 0.237 e. The molecule has 1 saturated carbocycles. The van der Waals surface area contributed by atoms with Crippen molar-refractivity contribution in [2.75, 3.05) is 44.2 Å². The summed E-state index contributed by atoms with van der Waals surface area (Å²) in [6, 6.07) is 2.44. The Morgan fingerprint density at radius 1 is 1.15 bits per heavy atom. The SMILES string of the molecule is O=C(NCCN1CCN(c2ncccn2)CC1)C1CC2CCCCC2N1. The minimum Gasteiger partial charge on any atom is -0.353 e.